The van der Waals surface area contributed by atoms with Gasteiger partial charge in [-0.1, -0.05) is 13.8 Å². The number of benzene rings is 1. The fourth-order valence-electron chi connectivity index (χ4n) is 1.79. The minimum Gasteiger partial charge on any atom is -0.325 e. The topological polar surface area (TPSA) is 98.3 Å². The Morgan fingerprint density at radius 2 is 2.11 bits per heavy atom. The Hall–Kier alpha value is -1.95. The number of carbonyl (C=O) groups excluding carboxylic acids is 1. The Kier molecular flexibility index (Phi) is 5.00. The van der Waals surface area contributed by atoms with Crippen LogP contribution in [0.1, 0.15) is 25.8 Å². The van der Waals surface area contributed by atoms with Crippen LogP contribution < -0.4 is 11.1 Å². The lowest BCUT2D eigenvalue weighted by atomic mass is 10.0. The number of aryl methyl sites for hydroxylation is 1. The molecule has 0 aliphatic heterocycles. The maximum atomic E-state index is 11.8. The zero-order chi connectivity index (χ0) is 14.6. The van der Waals surface area contributed by atoms with E-state index < -0.39 is 11.0 Å². The van der Waals surface area contributed by atoms with Crippen molar-refractivity contribution in [2.24, 2.45) is 11.7 Å². The van der Waals surface area contributed by atoms with Crippen molar-refractivity contribution in [3.8, 4) is 0 Å². The van der Waals surface area contributed by atoms with Crippen molar-refractivity contribution in [3.63, 3.8) is 0 Å². The number of hydrogen-bond acceptors (Lipinski definition) is 4. The van der Waals surface area contributed by atoms with E-state index in [4.69, 9.17) is 5.73 Å². The maximum Gasteiger partial charge on any atom is 0.272 e. The highest BCUT2D eigenvalue weighted by atomic mass is 16.6. The van der Waals surface area contributed by atoms with Gasteiger partial charge in [0.05, 0.1) is 11.0 Å². The van der Waals surface area contributed by atoms with Gasteiger partial charge in [0.2, 0.25) is 5.91 Å². The van der Waals surface area contributed by atoms with E-state index in [2.05, 4.69) is 5.32 Å². The van der Waals surface area contributed by atoms with E-state index >= 15 is 0 Å². The average molecular weight is 265 g/mol. The molecule has 1 aromatic rings. The van der Waals surface area contributed by atoms with Crippen molar-refractivity contribution in [2.75, 3.05) is 5.32 Å². The number of nitro benzene ring substituents is 1. The Morgan fingerprint density at radius 1 is 1.47 bits per heavy atom. The summed E-state index contributed by atoms with van der Waals surface area (Å²) >= 11 is 0. The van der Waals surface area contributed by atoms with Crippen molar-refractivity contribution in [1.29, 1.82) is 0 Å². The molecule has 0 aliphatic rings. The summed E-state index contributed by atoms with van der Waals surface area (Å²) in [6, 6.07) is 3.87. The van der Waals surface area contributed by atoms with E-state index in [9.17, 15) is 14.9 Å². The smallest absolute Gasteiger partial charge is 0.272 e. The average Bonchev–Trinajstić information content (AvgIpc) is 2.27. The highest BCUT2D eigenvalue weighted by Crippen LogP contribution is 2.21. The molecule has 6 nitrogen and oxygen atoms in total. The van der Waals surface area contributed by atoms with Crippen molar-refractivity contribution in [3.05, 3.63) is 33.9 Å². The molecule has 0 bridgehead atoms. The fraction of sp³-hybridized carbons (Fsp3) is 0.462. The molecular weight excluding hydrogens is 246 g/mol. The van der Waals surface area contributed by atoms with Gasteiger partial charge in [-0.25, -0.2) is 0 Å². The summed E-state index contributed by atoms with van der Waals surface area (Å²) in [5.74, 6) is 0.0568. The summed E-state index contributed by atoms with van der Waals surface area (Å²) in [6.07, 6.45) is 0.595. The van der Waals surface area contributed by atoms with Gasteiger partial charge in [0.1, 0.15) is 0 Å². The summed E-state index contributed by atoms with van der Waals surface area (Å²) in [5, 5.41) is 13.4. The predicted molar refractivity (Wildman–Crippen MR) is 73.9 cm³/mol. The van der Waals surface area contributed by atoms with Gasteiger partial charge in [0.25, 0.3) is 5.69 Å². The third-order valence-corrected chi connectivity index (χ3v) is 2.72. The third kappa shape index (κ3) is 4.33. The number of nitrogens with zero attached hydrogens (tertiary/aromatic N) is 1. The molecule has 0 aliphatic carbocycles. The largest absolute Gasteiger partial charge is 0.325 e. The Bertz CT molecular complexity index is 486. The molecule has 0 radical (unpaired) electrons. The van der Waals surface area contributed by atoms with Crippen LogP contribution in [0.15, 0.2) is 18.2 Å². The molecule has 0 saturated heterocycles. The number of nitrogens with one attached hydrogen (secondary N) is 1. The lowest BCUT2D eigenvalue weighted by Crippen LogP contribution is -2.36. The summed E-state index contributed by atoms with van der Waals surface area (Å²) in [4.78, 5) is 22.0. The van der Waals surface area contributed by atoms with Crippen LogP contribution in [0.25, 0.3) is 0 Å². The molecule has 1 rings (SSSR count). The van der Waals surface area contributed by atoms with E-state index in [0.29, 0.717) is 23.6 Å². The third-order valence-electron chi connectivity index (χ3n) is 2.72. The summed E-state index contributed by atoms with van der Waals surface area (Å²) in [6.45, 7) is 5.61. The number of nitrogens with two attached hydrogens (primary N) is 1. The van der Waals surface area contributed by atoms with Crippen molar-refractivity contribution >= 4 is 17.3 Å². The van der Waals surface area contributed by atoms with E-state index in [1.54, 1.807) is 13.0 Å². The van der Waals surface area contributed by atoms with Gasteiger partial charge in [0.15, 0.2) is 0 Å². The monoisotopic (exact) mass is 265 g/mol. The zero-order valence-electron chi connectivity index (χ0n) is 11.3. The first-order valence-electron chi connectivity index (χ1n) is 6.12. The van der Waals surface area contributed by atoms with Crippen LogP contribution >= 0.6 is 0 Å². The molecule has 19 heavy (non-hydrogen) atoms. The van der Waals surface area contributed by atoms with Crippen LogP contribution in [0.3, 0.4) is 0 Å². The lowest BCUT2D eigenvalue weighted by Gasteiger charge is -2.14. The number of amides is 1. The SMILES string of the molecule is Cc1cc(NC(=O)[C@@H](N)CC(C)C)ccc1[N+](=O)[O-]. The molecule has 104 valence electrons. The molecule has 0 heterocycles. The van der Waals surface area contributed by atoms with Gasteiger partial charge >= 0.3 is 0 Å². The van der Waals surface area contributed by atoms with Gasteiger partial charge in [-0.05, 0) is 31.4 Å². The minimum absolute atomic E-state index is 0.0319. The number of rotatable bonds is 5. The molecule has 1 aromatic carbocycles. The number of anilines is 1. The van der Waals surface area contributed by atoms with Crippen molar-refractivity contribution in [2.45, 2.75) is 33.2 Å². The van der Waals surface area contributed by atoms with Crippen LogP contribution in [0, 0.1) is 23.0 Å². The first-order chi connectivity index (χ1) is 8.81. The van der Waals surface area contributed by atoms with Gasteiger partial charge in [-0.3, -0.25) is 14.9 Å². The predicted octanol–water partition coefficient (Wildman–Crippen LogP) is 2.22. The van der Waals surface area contributed by atoms with Crippen molar-refractivity contribution in [1.82, 2.24) is 0 Å². The molecule has 6 heteroatoms. The first-order valence-corrected chi connectivity index (χ1v) is 6.12. The molecule has 3 N–H and O–H groups in total. The number of carbonyl (C=O) groups is 1. The molecule has 0 spiro atoms. The Morgan fingerprint density at radius 3 is 2.58 bits per heavy atom. The second kappa shape index (κ2) is 6.29. The Labute approximate surface area is 112 Å². The molecule has 1 atom stereocenters. The quantitative estimate of drug-likeness (QED) is 0.630. The van der Waals surface area contributed by atoms with Crippen molar-refractivity contribution < 1.29 is 9.72 Å². The van der Waals surface area contributed by atoms with E-state index in [0.717, 1.165) is 0 Å². The van der Waals surface area contributed by atoms with E-state index in [-0.39, 0.29) is 11.6 Å². The van der Waals surface area contributed by atoms with Gasteiger partial charge in [0, 0.05) is 17.3 Å². The highest BCUT2D eigenvalue weighted by molar-refractivity contribution is 5.94. The molecule has 1 amide bonds. The maximum absolute atomic E-state index is 11.8. The number of nitro groups is 1. The lowest BCUT2D eigenvalue weighted by molar-refractivity contribution is -0.385. The Balaban J connectivity index is 2.75. The van der Waals surface area contributed by atoms with Crippen LogP contribution in [0.5, 0.6) is 0 Å². The van der Waals surface area contributed by atoms with Gasteiger partial charge in [-0.15, -0.1) is 0 Å². The first kappa shape index (κ1) is 15.1. The van der Waals surface area contributed by atoms with Gasteiger partial charge < -0.3 is 11.1 Å². The van der Waals surface area contributed by atoms with Gasteiger partial charge in [-0.2, -0.15) is 0 Å². The minimum atomic E-state index is -0.574. The van der Waals surface area contributed by atoms with E-state index in [1.807, 2.05) is 13.8 Å². The van der Waals surface area contributed by atoms with Crippen LogP contribution in [-0.2, 0) is 4.79 Å². The van der Waals surface area contributed by atoms with Crippen LogP contribution in [0.4, 0.5) is 11.4 Å². The normalized spacial score (nSPS) is 12.3. The summed E-state index contributed by atoms with van der Waals surface area (Å²) in [5.41, 5.74) is 6.81. The fourth-order valence-corrected chi connectivity index (χ4v) is 1.79. The van der Waals surface area contributed by atoms with E-state index in [1.165, 1.54) is 12.1 Å². The molecule has 0 aromatic heterocycles. The number of hydrogen-bond donors (Lipinski definition) is 2. The summed E-state index contributed by atoms with van der Waals surface area (Å²) in [7, 11) is 0. The second-order valence-corrected chi connectivity index (χ2v) is 4.98. The standard InChI is InChI=1S/C13H19N3O3/c1-8(2)6-11(14)13(17)15-10-4-5-12(16(18)19)9(3)7-10/h4-5,7-8,11H,6,14H2,1-3H3,(H,15,17)/t11-/m0/s1. The molecule has 0 saturated carbocycles. The summed E-state index contributed by atoms with van der Waals surface area (Å²) < 4.78 is 0. The highest BCUT2D eigenvalue weighted by Gasteiger charge is 2.16. The second-order valence-electron chi connectivity index (χ2n) is 4.98. The molecular formula is C13H19N3O3. The van der Waals surface area contributed by atoms with Crippen LogP contribution in [0.2, 0.25) is 0 Å². The molecule has 0 unspecified atom stereocenters. The zero-order valence-corrected chi connectivity index (χ0v) is 11.3. The molecule has 0 fully saturated rings. The van der Waals surface area contributed by atoms with Crippen LogP contribution in [-0.4, -0.2) is 16.9 Å².